The molecule has 2 heterocycles. The molecule has 4 heteroatoms. The van der Waals surface area contributed by atoms with E-state index in [9.17, 15) is 4.79 Å². The summed E-state index contributed by atoms with van der Waals surface area (Å²) in [5.74, 6) is 1.58. The summed E-state index contributed by atoms with van der Waals surface area (Å²) in [6.07, 6.45) is 2.63. The Morgan fingerprint density at radius 3 is 2.86 bits per heavy atom. The number of carbonyl (C=O) groups is 1. The van der Waals surface area contributed by atoms with E-state index in [-0.39, 0.29) is 0 Å². The Morgan fingerprint density at radius 2 is 2.14 bits per heavy atom. The van der Waals surface area contributed by atoms with Gasteiger partial charge in [-0.1, -0.05) is 32.0 Å². The van der Waals surface area contributed by atoms with Crippen LogP contribution in [-0.4, -0.2) is 21.8 Å². The molecule has 1 aliphatic rings. The van der Waals surface area contributed by atoms with Crippen molar-refractivity contribution in [3.8, 4) is 0 Å². The van der Waals surface area contributed by atoms with Gasteiger partial charge in [0.1, 0.15) is 0 Å². The number of rotatable bonds is 5. The van der Waals surface area contributed by atoms with Crippen LogP contribution in [0, 0.1) is 0 Å². The SMILES string of the molecule is CCc1nn(CC2CSc3ccccc32)c(CC)c1C=O. The highest BCUT2D eigenvalue weighted by atomic mass is 32.2. The average Bonchev–Trinajstić information content (AvgIpc) is 3.08. The van der Waals surface area contributed by atoms with Crippen LogP contribution in [0.5, 0.6) is 0 Å². The summed E-state index contributed by atoms with van der Waals surface area (Å²) in [5.41, 5.74) is 4.24. The summed E-state index contributed by atoms with van der Waals surface area (Å²) in [6, 6.07) is 8.61. The number of thioether (sulfide) groups is 1. The molecule has 0 radical (unpaired) electrons. The lowest BCUT2D eigenvalue weighted by Gasteiger charge is -2.13. The van der Waals surface area contributed by atoms with Gasteiger partial charge in [0.25, 0.3) is 0 Å². The third-order valence-electron chi connectivity index (χ3n) is 4.15. The zero-order chi connectivity index (χ0) is 14.8. The Balaban J connectivity index is 1.93. The largest absolute Gasteiger partial charge is 0.298 e. The van der Waals surface area contributed by atoms with Crippen molar-refractivity contribution in [2.45, 2.75) is 44.0 Å². The monoisotopic (exact) mass is 300 g/mol. The van der Waals surface area contributed by atoms with Crippen molar-refractivity contribution in [1.82, 2.24) is 9.78 Å². The van der Waals surface area contributed by atoms with Gasteiger partial charge in [-0.05, 0) is 24.5 Å². The number of benzene rings is 1. The maximum absolute atomic E-state index is 11.4. The predicted octanol–water partition coefficient (Wildman–Crippen LogP) is 3.71. The number of hydrogen-bond donors (Lipinski definition) is 0. The number of aryl methyl sites for hydroxylation is 1. The highest BCUT2D eigenvalue weighted by Gasteiger charge is 2.25. The second kappa shape index (κ2) is 6.06. The first-order chi connectivity index (χ1) is 10.3. The molecule has 1 aliphatic heterocycles. The van der Waals surface area contributed by atoms with Gasteiger partial charge < -0.3 is 0 Å². The molecule has 110 valence electrons. The Hall–Kier alpha value is -1.55. The van der Waals surface area contributed by atoms with E-state index in [2.05, 4.69) is 47.9 Å². The van der Waals surface area contributed by atoms with Crippen LogP contribution >= 0.6 is 11.8 Å². The molecule has 1 atom stereocenters. The Bertz CT molecular complexity index is 663. The number of carbonyl (C=O) groups excluding carboxylic acids is 1. The lowest BCUT2D eigenvalue weighted by atomic mass is 10.0. The van der Waals surface area contributed by atoms with Crippen LogP contribution < -0.4 is 0 Å². The van der Waals surface area contributed by atoms with E-state index in [0.717, 1.165) is 48.4 Å². The Labute approximate surface area is 129 Å². The van der Waals surface area contributed by atoms with E-state index in [4.69, 9.17) is 0 Å². The number of fused-ring (bicyclic) bond motifs is 1. The number of aromatic nitrogens is 2. The number of hydrogen-bond acceptors (Lipinski definition) is 3. The minimum absolute atomic E-state index is 0.487. The van der Waals surface area contributed by atoms with E-state index >= 15 is 0 Å². The van der Waals surface area contributed by atoms with Gasteiger partial charge in [0.05, 0.1) is 11.3 Å². The van der Waals surface area contributed by atoms with E-state index < -0.39 is 0 Å². The highest BCUT2D eigenvalue weighted by molar-refractivity contribution is 7.99. The van der Waals surface area contributed by atoms with Crippen molar-refractivity contribution >= 4 is 18.0 Å². The molecule has 1 aromatic carbocycles. The molecular weight excluding hydrogens is 280 g/mol. The molecule has 21 heavy (non-hydrogen) atoms. The van der Waals surface area contributed by atoms with Gasteiger partial charge in [0, 0.05) is 28.8 Å². The number of aldehydes is 1. The van der Waals surface area contributed by atoms with Crippen LogP contribution in [0.3, 0.4) is 0 Å². The molecule has 0 spiro atoms. The van der Waals surface area contributed by atoms with Crippen LogP contribution in [0.4, 0.5) is 0 Å². The fourth-order valence-corrected chi connectivity index (χ4v) is 4.32. The van der Waals surface area contributed by atoms with Gasteiger partial charge in [-0.3, -0.25) is 9.48 Å². The second-order valence-corrected chi connectivity index (χ2v) is 6.42. The highest BCUT2D eigenvalue weighted by Crippen LogP contribution is 2.40. The maximum Gasteiger partial charge on any atom is 0.153 e. The molecule has 2 aromatic rings. The zero-order valence-corrected chi connectivity index (χ0v) is 13.3. The first kappa shape index (κ1) is 14.4. The summed E-state index contributed by atoms with van der Waals surface area (Å²) in [4.78, 5) is 12.7. The van der Waals surface area contributed by atoms with E-state index in [1.54, 1.807) is 0 Å². The summed E-state index contributed by atoms with van der Waals surface area (Å²) >= 11 is 1.92. The first-order valence-corrected chi connectivity index (χ1v) is 8.52. The zero-order valence-electron chi connectivity index (χ0n) is 12.5. The van der Waals surface area contributed by atoms with Gasteiger partial charge in [-0.2, -0.15) is 5.10 Å². The molecule has 0 N–H and O–H groups in total. The summed E-state index contributed by atoms with van der Waals surface area (Å²) in [7, 11) is 0. The molecule has 1 aromatic heterocycles. The van der Waals surface area contributed by atoms with E-state index in [0.29, 0.717) is 5.92 Å². The fourth-order valence-electron chi connectivity index (χ4n) is 3.08. The summed E-state index contributed by atoms with van der Waals surface area (Å²) in [6.45, 7) is 5.02. The lowest BCUT2D eigenvalue weighted by molar-refractivity contribution is 0.112. The summed E-state index contributed by atoms with van der Waals surface area (Å²) < 4.78 is 2.07. The van der Waals surface area contributed by atoms with Gasteiger partial charge >= 0.3 is 0 Å². The van der Waals surface area contributed by atoms with Crippen LogP contribution in [0.25, 0.3) is 0 Å². The molecule has 0 saturated heterocycles. The minimum atomic E-state index is 0.487. The molecule has 3 nitrogen and oxygen atoms in total. The molecule has 0 aliphatic carbocycles. The average molecular weight is 300 g/mol. The standard InChI is InChI=1S/C17H20N2OS/c1-3-15-14(10-20)16(4-2)19(18-15)9-12-11-21-17-8-6-5-7-13(12)17/h5-8,10,12H,3-4,9,11H2,1-2H3. The smallest absolute Gasteiger partial charge is 0.153 e. The first-order valence-electron chi connectivity index (χ1n) is 7.53. The molecular formula is C17H20N2OS. The quantitative estimate of drug-likeness (QED) is 0.790. The van der Waals surface area contributed by atoms with Gasteiger partial charge in [0.2, 0.25) is 0 Å². The van der Waals surface area contributed by atoms with Crippen LogP contribution in [0.15, 0.2) is 29.2 Å². The molecule has 1 unspecified atom stereocenters. The third kappa shape index (κ3) is 2.53. The van der Waals surface area contributed by atoms with Crippen LogP contribution in [-0.2, 0) is 19.4 Å². The molecule has 0 bridgehead atoms. The van der Waals surface area contributed by atoms with Crippen molar-refractivity contribution < 1.29 is 4.79 Å². The molecule has 3 rings (SSSR count). The number of nitrogens with zero attached hydrogens (tertiary/aromatic N) is 2. The molecule has 0 amide bonds. The molecule has 0 fully saturated rings. The fraction of sp³-hybridized carbons (Fsp3) is 0.412. The third-order valence-corrected chi connectivity index (χ3v) is 5.41. The lowest BCUT2D eigenvalue weighted by Crippen LogP contribution is -2.13. The second-order valence-electron chi connectivity index (χ2n) is 5.36. The van der Waals surface area contributed by atoms with Gasteiger partial charge in [-0.15, -0.1) is 11.8 Å². The van der Waals surface area contributed by atoms with E-state index in [1.165, 1.54) is 10.5 Å². The van der Waals surface area contributed by atoms with Crippen molar-refractivity contribution in [2.24, 2.45) is 0 Å². The van der Waals surface area contributed by atoms with Crippen molar-refractivity contribution in [3.63, 3.8) is 0 Å². The maximum atomic E-state index is 11.4. The van der Waals surface area contributed by atoms with Crippen LogP contribution in [0.2, 0.25) is 0 Å². The topological polar surface area (TPSA) is 34.9 Å². The van der Waals surface area contributed by atoms with Gasteiger partial charge in [0.15, 0.2) is 6.29 Å². The van der Waals surface area contributed by atoms with Crippen molar-refractivity contribution in [3.05, 3.63) is 46.8 Å². The molecule has 0 saturated carbocycles. The Morgan fingerprint density at radius 1 is 1.33 bits per heavy atom. The van der Waals surface area contributed by atoms with Crippen molar-refractivity contribution in [1.29, 1.82) is 0 Å². The summed E-state index contributed by atoms with van der Waals surface area (Å²) in [5, 5.41) is 4.68. The Kier molecular flexibility index (Phi) is 4.15. The normalized spacial score (nSPS) is 17.0. The van der Waals surface area contributed by atoms with Crippen molar-refractivity contribution in [2.75, 3.05) is 5.75 Å². The van der Waals surface area contributed by atoms with E-state index in [1.807, 2.05) is 11.8 Å². The minimum Gasteiger partial charge on any atom is -0.298 e. The predicted molar refractivity (Wildman–Crippen MR) is 86.3 cm³/mol. The van der Waals surface area contributed by atoms with Crippen LogP contribution in [0.1, 0.15) is 47.1 Å². The van der Waals surface area contributed by atoms with Gasteiger partial charge in [-0.25, -0.2) is 0 Å².